The molecule has 6 aliphatic carbocycles. The SMILES string of the molecule is C1=CC(C2NC(C3=CCCC(C4C=CCCC4)=C3)[NH+]2C2C=CC3=C(C=CC4C=Cc5oc6ccccc6c5C34)C2)=CCC1. The summed E-state index contributed by atoms with van der Waals surface area (Å²) >= 11 is 0. The Balaban J connectivity index is 1.04. The van der Waals surface area contributed by atoms with E-state index in [4.69, 9.17) is 4.42 Å². The number of hydrogen-bond donors (Lipinski definition) is 2. The van der Waals surface area contributed by atoms with Gasteiger partial charge in [-0.2, -0.15) is 0 Å². The van der Waals surface area contributed by atoms with E-state index in [0.29, 0.717) is 36.1 Å². The van der Waals surface area contributed by atoms with Crippen molar-refractivity contribution in [3.8, 4) is 0 Å². The van der Waals surface area contributed by atoms with Crippen molar-refractivity contribution < 1.29 is 9.32 Å². The Labute approximate surface area is 255 Å². The lowest BCUT2D eigenvalue weighted by molar-refractivity contribution is -1.01. The van der Waals surface area contributed by atoms with Crippen LogP contribution in [0.4, 0.5) is 0 Å². The zero-order valence-electron chi connectivity index (χ0n) is 24.8. The Morgan fingerprint density at radius 1 is 0.814 bits per heavy atom. The molecular weight excluding hydrogens is 524 g/mol. The average molecular weight is 566 g/mol. The maximum Gasteiger partial charge on any atom is 0.174 e. The fraction of sp³-hybridized carbons (Fsp3) is 0.350. The Hall–Kier alpha value is -3.66. The first-order chi connectivity index (χ1) is 21.3. The molecule has 7 aliphatic rings. The molecule has 2 heterocycles. The molecule has 1 saturated heterocycles. The summed E-state index contributed by atoms with van der Waals surface area (Å²) in [4.78, 5) is 1.66. The second kappa shape index (κ2) is 10.5. The summed E-state index contributed by atoms with van der Waals surface area (Å²) in [5.41, 5.74) is 9.98. The number of para-hydroxylation sites is 1. The summed E-state index contributed by atoms with van der Waals surface area (Å²) in [6.45, 7) is 0. The molecule has 2 aromatic rings. The number of hydrogen-bond acceptors (Lipinski definition) is 2. The number of allylic oxidation sites excluding steroid dienone is 11. The van der Waals surface area contributed by atoms with E-state index in [0.717, 1.165) is 30.6 Å². The number of furan rings is 1. The highest BCUT2D eigenvalue weighted by Gasteiger charge is 2.50. The number of rotatable bonds is 4. The van der Waals surface area contributed by atoms with Gasteiger partial charge in [0.2, 0.25) is 0 Å². The number of benzene rings is 1. The van der Waals surface area contributed by atoms with Gasteiger partial charge in [-0.05, 0) is 80.2 Å². The van der Waals surface area contributed by atoms with Crippen LogP contribution in [0, 0.1) is 11.8 Å². The largest absolute Gasteiger partial charge is 0.456 e. The third-order valence-corrected chi connectivity index (χ3v) is 11.0. The van der Waals surface area contributed by atoms with E-state index in [2.05, 4.69) is 109 Å². The number of nitrogens with one attached hydrogen (secondary N) is 2. The summed E-state index contributed by atoms with van der Waals surface area (Å²) < 4.78 is 6.32. The predicted octanol–water partition coefficient (Wildman–Crippen LogP) is 7.77. The van der Waals surface area contributed by atoms with Gasteiger partial charge in [-0.25, -0.2) is 5.32 Å². The molecule has 9 rings (SSSR count). The van der Waals surface area contributed by atoms with Gasteiger partial charge in [-0.15, -0.1) is 0 Å². The van der Waals surface area contributed by atoms with Crippen LogP contribution in [-0.2, 0) is 0 Å². The van der Waals surface area contributed by atoms with Crippen LogP contribution in [0.5, 0.6) is 0 Å². The van der Waals surface area contributed by atoms with E-state index < -0.39 is 0 Å². The molecular formula is C40H41N2O+. The topological polar surface area (TPSA) is 29.6 Å². The molecule has 0 amide bonds. The lowest BCUT2D eigenvalue weighted by Gasteiger charge is -2.51. The zero-order chi connectivity index (χ0) is 28.3. The Bertz CT molecular complexity index is 1750. The highest BCUT2D eigenvalue weighted by atomic mass is 16.3. The van der Waals surface area contributed by atoms with Crippen molar-refractivity contribution in [3.63, 3.8) is 0 Å². The maximum atomic E-state index is 6.32. The number of quaternary nitrogens is 1. The number of fused-ring (bicyclic) bond motifs is 6. The van der Waals surface area contributed by atoms with Crippen LogP contribution >= 0.6 is 0 Å². The molecule has 3 heteroatoms. The second-order valence-corrected chi connectivity index (χ2v) is 13.4. The second-order valence-electron chi connectivity index (χ2n) is 13.4. The van der Waals surface area contributed by atoms with E-state index in [1.165, 1.54) is 65.3 Å². The third-order valence-electron chi connectivity index (χ3n) is 11.0. The van der Waals surface area contributed by atoms with E-state index in [-0.39, 0.29) is 0 Å². The molecule has 1 aliphatic heterocycles. The molecule has 1 fully saturated rings. The van der Waals surface area contributed by atoms with E-state index in [9.17, 15) is 0 Å². The first-order valence-electron chi connectivity index (χ1n) is 16.7. The highest BCUT2D eigenvalue weighted by Crippen LogP contribution is 2.49. The maximum absolute atomic E-state index is 6.32. The van der Waals surface area contributed by atoms with Gasteiger partial charge in [0.05, 0.1) is 0 Å². The van der Waals surface area contributed by atoms with Gasteiger partial charge in [0.25, 0.3) is 0 Å². The minimum absolute atomic E-state index is 0.330. The van der Waals surface area contributed by atoms with Crippen molar-refractivity contribution in [2.24, 2.45) is 11.8 Å². The summed E-state index contributed by atoms with van der Waals surface area (Å²) in [6.07, 6.45) is 42.0. The van der Waals surface area contributed by atoms with Crippen molar-refractivity contribution in [2.75, 3.05) is 0 Å². The van der Waals surface area contributed by atoms with Crippen LogP contribution in [-0.4, -0.2) is 18.4 Å². The molecule has 3 nitrogen and oxygen atoms in total. The molecule has 2 N–H and O–H groups in total. The molecule has 0 bridgehead atoms. The van der Waals surface area contributed by atoms with Gasteiger partial charge in [-0.3, -0.25) is 4.90 Å². The normalized spacial score (nSPS) is 34.2. The summed E-state index contributed by atoms with van der Waals surface area (Å²) in [6, 6.07) is 9.00. The van der Waals surface area contributed by atoms with Crippen molar-refractivity contribution in [1.29, 1.82) is 0 Å². The van der Waals surface area contributed by atoms with Crippen molar-refractivity contribution >= 4 is 17.0 Å². The standard InChI is InChI=1S/C40H40N2O/c1-3-10-26(11-4-1)29-14-9-15-31(24-29)40-41-39(28-12-5-2-6-13-28)42(40)32-21-22-33-30(25-32)19-18-27-20-23-36-38(37(27)33)34-16-7-8-17-35(34)43-36/h3,5,7-8,10,12-13,15-24,26-27,32,37,39-41H,1-2,4,6,9,11,14,25H2/p+1. The molecule has 0 radical (unpaired) electrons. The average Bonchev–Trinajstić information content (AvgIpc) is 3.44. The zero-order valence-corrected chi connectivity index (χ0v) is 24.8. The lowest BCUT2D eigenvalue weighted by atomic mass is 9.69. The van der Waals surface area contributed by atoms with Crippen LogP contribution in [0.15, 0.2) is 129 Å². The first kappa shape index (κ1) is 25.8. The van der Waals surface area contributed by atoms with Crippen molar-refractivity contribution in [3.05, 3.63) is 136 Å². The molecule has 7 atom stereocenters. The Morgan fingerprint density at radius 2 is 1.72 bits per heavy atom. The smallest absolute Gasteiger partial charge is 0.174 e. The van der Waals surface area contributed by atoms with Gasteiger partial charge < -0.3 is 4.42 Å². The van der Waals surface area contributed by atoms with Crippen LogP contribution < -0.4 is 10.2 Å². The van der Waals surface area contributed by atoms with Crippen LogP contribution in [0.2, 0.25) is 0 Å². The van der Waals surface area contributed by atoms with E-state index in [1.807, 2.05) is 0 Å². The quantitative estimate of drug-likeness (QED) is 0.371. The van der Waals surface area contributed by atoms with Gasteiger partial charge in [0, 0.05) is 40.4 Å². The van der Waals surface area contributed by atoms with Crippen LogP contribution in [0.3, 0.4) is 0 Å². The third kappa shape index (κ3) is 4.31. The molecule has 0 saturated carbocycles. The lowest BCUT2D eigenvalue weighted by Crippen LogP contribution is -3.33. The van der Waals surface area contributed by atoms with Crippen LogP contribution in [0.25, 0.3) is 17.0 Å². The highest BCUT2D eigenvalue weighted by molar-refractivity contribution is 5.87. The van der Waals surface area contributed by atoms with Crippen molar-refractivity contribution in [2.45, 2.75) is 75.7 Å². The van der Waals surface area contributed by atoms with Crippen molar-refractivity contribution in [1.82, 2.24) is 5.32 Å². The van der Waals surface area contributed by atoms with E-state index >= 15 is 0 Å². The summed E-state index contributed by atoms with van der Waals surface area (Å²) in [5.74, 6) is 2.38. The van der Waals surface area contributed by atoms with Gasteiger partial charge in [0.15, 0.2) is 12.3 Å². The molecule has 0 spiro atoms. The van der Waals surface area contributed by atoms with Gasteiger partial charge in [0.1, 0.15) is 17.4 Å². The summed E-state index contributed by atoms with van der Waals surface area (Å²) in [5, 5.41) is 5.33. The van der Waals surface area contributed by atoms with Gasteiger partial charge in [-0.1, -0.05) is 90.6 Å². The van der Waals surface area contributed by atoms with E-state index in [1.54, 1.807) is 10.5 Å². The molecule has 7 unspecified atom stereocenters. The monoisotopic (exact) mass is 565 g/mol. The minimum atomic E-state index is 0.330. The molecule has 1 aromatic heterocycles. The summed E-state index contributed by atoms with van der Waals surface area (Å²) in [7, 11) is 0. The molecule has 43 heavy (non-hydrogen) atoms. The molecule has 216 valence electrons. The fourth-order valence-corrected chi connectivity index (χ4v) is 8.89. The van der Waals surface area contributed by atoms with Gasteiger partial charge >= 0.3 is 0 Å². The fourth-order valence-electron chi connectivity index (χ4n) is 8.89. The van der Waals surface area contributed by atoms with Crippen LogP contribution in [0.1, 0.15) is 68.6 Å². The Kier molecular flexibility index (Phi) is 6.30. The minimum Gasteiger partial charge on any atom is -0.456 e. The first-order valence-corrected chi connectivity index (χ1v) is 16.7. The Morgan fingerprint density at radius 3 is 2.63 bits per heavy atom. The predicted molar refractivity (Wildman–Crippen MR) is 175 cm³/mol. The molecule has 1 aromatic carbocycles.